The van der Waals surface area contributed by atoms with Crippen LogP contribution in [0, 0.1) is 10.1 Å². The molecule has 2 heterocycles. The summed E-state index contributed by atoms with van der Waals surface area (Å²) in [5.74, 6) is 0.738. The molecular formula is C23H25N5O2. The van der Waals surface area contributed by atoms with Gasteiger partial charge in [-0.2, -0.15) is 0 Å². The fourth-order valence-corrected chi connectivity index (χ4v) is 3.64. The van der Waals surface area contributed by atoms with Crippen LogP contribution < -0.4 is 10.2 Å². The van der Waals surface area contributed by atoms with Crippen molar-refractivity contribution in [1.82, 2.24) is 15.3 Å². The molecule has 1 fully saturated rings. The molecule has 1 aromatic heterocycles. The number of non-ortho nitro benzene ring substituents is 1. The molecule has 0 radical (unpaired) electrons. The Morgan fingerprint density at radius 3 is 2.40 bits per heavy atom. The van der Waals surface area contributed by atoms with Gasteiger partial charge in [-0.3, -0.25) is 10.1 Å². The first-order valence-electron chi connectivity index (χ1n) is 10.3. The first kappa shape index (κ1) is 20.0. The van der Waals surface area contributed by atoms with Gasteiger partial charge in [0.2, 0.25) is 5.95 Å². The quantitative estimate of drug-likeness (QED) is 0.479. The van der Waals surface area contributed by atoms with Crippen molar-refractivity contribution in [1.29, 1.82) is 0 Å². The zero-order valence-electron chi connectivity index (χ0n) is 16.8. The topological polar surface area (TPSA) is 84.2 Å². The van der Waals surface area contributed by atoms with Crippen LogP contribution in [0.3, 0.4) is 0 Å². The van der Waals surface area contributed by atoms with Crippen molar-refractivity contribution in [2.75, 3.05) is 31.1 Å². The maximum atomic E-state index is 11.0. The molecule has 1 saturated heterocycles. The summed E-state index contributed by atoms with van der Waals surface area (Å²) in [6, 6.07) is 19.0. The van der Waals surface area contributed by atoms with Gasteiger partial charge in [-0.15, -0.1) is 0 Å². The van der Waals surface area contributed by atoms with Gasteiger partial charge in [0, 0.05) is 49.6 Å². The van der Waals surface area contributed by atoms with Crippen LogP contribution in [0.4, 0.5) is 11.6 Å². The summed E-state index contributed by atoms with van der Waals surface area (Å²) in [6.45, 7) is 3.56. The lowest BCUT2D eigenvalue weighted by Gasteiger charge is -2.28. The van der Waals surface area contributed by atoms with E-state index in [1.54, 1.807) is 12.1 Å². The van der Waals surface area contributed by atoms with E-state index in [9.17, 15) is 10.1 Å². The number of rotatable bonds is 7. The Bertz CT molecular complexity index is 986. The van der Waals surface area contributed by atoms with E-state index in [1.807, 2.05) is 12.1 Å². The van der Waals surface area contributed by atoms with Crippen LogP contribution in [0.1, 0.15) is 17.7 Å². The Kier molecular flexibility index (Phi) is 6.29. The average molecular weight is 403 g/mol. The van der Waals surface area contributed by atoms with Gasteiger partial charge in [-0.25, -0.2) is 9.97 Å². The van der Waals surface area contributed by atoms with Gasteiger partial charge in [0.05, 0.1) is 10.6 Å². The second kappa shape index (κ2) is 9.45. The van der Waals surface area contributed by atoms with Crippen molar-refractivity contribution in [3.05, 3.63) is 82.0 Å². The van der Waals surface area contributed by atoms with Crippen molar-refractivity contribution in [2.45, 2.75) is 19.3 Å². The summed E-state index contributed by atoms with van der Waals surface area (Å²) in [5.41, 5.74) is 4.08. The van der Waals surface area contributed by atoms with Gasteiger partial charge in [0.25, 0.3) is 5.69 Å². The molecule has 0 aliphatic carbocycles. The highest BCUT2D eigenvalue weighted by atomic mass is 16.6. The predicted octanol–water partition coefficient (Wildman–Crippen LogP) is 3.64. The molecule has 7 nitrogen and oxygen atoms in total. The number of nitro groups is 1. The summed E-state index contributed by atoms with van der Waals surface area (Å²) < 4.78 is 0. The lowest BCUT2D eigenvalue weighted by atomic mass is 10.1. The minimum Gasteiger partial charge on any atom is -0.338 e. The molecule has 1 aliphatic heterocycles. The number of piperazine rings is 1. The molecule has 2 aromatic carbocycles. The molecule has 0 spiro atoms. The number of benzene rings is 2. The predicted molar refractivity (Wildman–Crippen MR) is 118 cm³/mol. The van der Waals surface area contributed by atoms with E-state index in [0.29, 0.717) is 0 Å². The Balaban J connectivity index is 1.58. The average Bonchev–Trinajstić information content (AvgIpc) is 2.80. The first-order chi connectivity index (χ1) is 14.7. The molecule has 0 bridgehead atoms. The third-order valence-electron chi connectivity index (χ3n) is 5.28. The van der Waals surface area contributed by atoms with Crippen molar-refractivity contribution in [3.63, 3.8) is 0 Å². The number of aromatic nitrogens is 2. The molecule has 4 rings (SSSR count). The van der Waals surface area contributed by atoms with Gasteiger partial charge in [0.15, 0.2) is 0 Å². The first-order valence-corrected chi connectivity index (χ1v) is 10.3. The monoisotopic (exact) mass is 403 g/mol. The van der Waals surface area contributed by atoms with E-state index < -0.39 is 0 Å². The highest BCUT2D eigenvalue weighted by Gasteiger charge is 2.16. The maximum absolute atomic E-state index is 11.0. The second-order valence-corrected chi connectivity index (χ2v) is 7.42. The van der Waals surface area contributed by atoms with E-state index in [4.69, 9.17) is 9.97 Å². The van der Waals surface area contributed by atoms with Gasteiger partial charge in [-0.1, -0.05) is 30.3 Å². The summed E-state index contributed by atoms with van der Waals surface area (Å²) >= 11 is 0. The van der Waals surface area contributed by atoms with E-state index in [2.05, 4.69) is 34.5 Å². The van der Waals surface area contributed by atoms with Crippen LogP contribution in [0.25, 0.3) is 11.3 Å². The fourth-order valence-electron chi connectivity index (χ4n) is 3.64. The van der Waals surface area contributed by atoms with E-state index in [1.165, 1.54) is 17.7 Å². The van der Waals surface area contributed by atoms with E-state index >= 15 is 0 Å². The molecule has 0 amide bonds. The lowest BCUT2D eigenvalue weighted by molar-refractivity contribution is -0.384. The molecule has 154 valence electrons. The summed E-state index contributed by atoms with van der Waals surface area (Å²) in [6.07, 6.45) is 2.86. The Morgan fingerprint density at radius 2 is 1.70 bits per heavy atom. The zero-order chi connectivity index (χ0) is 20.8. The van der Waals surface area contributed by atoms with Crippen molar-refractivity contribution in [2.24, 2.45) is 0 Å². The smallest absolute Gasteiger partial charge is 0.269 e. The molecule has 30 heavy (non-hydrogen) atoms. The number of nitrogens with one attached hydrogen (secondary N) is 1. The van der Waals surface area contributed by atoms with Crippen LogP contribution in [0.15, 0.2) is 60.7 Å². The highest BCUT2D eigenvalue weighted by Crippen LogP contribution is 2.24. The zero-order valence-corrected chi connectivity index (χ0v) is 16.8. The SMILES string of the molecule is O=[N+]([O-])c1ccc(-c2cc(CCCc3ccccc3)nc(N3CCNCC3)n2)cc1. The van der Waals surface area contributed by atoms with Gasteiger partial charge in [0.1, 0.15) is 0 Å². The molecule has 7 heteroatoms. The minimum absolute atomic E-state index is 0.0817. The third-order valence-corrected chi connectivity index (χ3v) is 5.28. The standard InChI is InChI=1S/C23H25N5O2/c29-28(30)21-11-9-19(10-12-21)22-17-20(8-4-7-18-5-2-1-3-6-18)25-23(26-22)27-15-13-24-14-16-27/h1-3,5-6,9-12,17,24H,4,7-8,13-16H2. The van der Waals surface area contributed by atoms with Crippen molar-refractivity contribution >= 4 is 11.6 Å². The Hall–Kier alpha value is -3.32. The maximum Gasteiger partial charge on any atom is 0.269 e. The Morgan fingerprint density at radius 1 is 0.967 bits per heavy atom. The van der Waals surface area contributed by atoms with Gasteiger partial charge < -0.3 is 10.2 Å². The fraction of sp³-hybridized carbons (Fsp3) is 0.304. The molecule has 0 unspecified atom stereocenters. The van der Waals surface area contributed by atoms with Crippen LogP contribution in [0.5, 0.6) is 0 Å². The second-order valence-electron chi connectivity index (χ2n) is 7.42. The number of anilines is 1. The summed E-state index contributed by atoms with van der Waals surface area (Å²) in [7, 11) is 0. The largest absolute Gasteiger partial charge is 0.338 e. The Labute approximate surface area is 175 Å². The van der Waals surface area contributed by atoms with Gasteiger partial charge in [-0.05, 0) is 43.0 Å². The summed E-state index contributed by atoms with van der Waals surface area (Å²) in [5, 5.41) is 14.3. The minimum atomic E-state index is -0.384. The van der Waals surface area contributed by atoms with Crippen molar-refractivity contribution < 1.29 is 4.92 Å². The molecule has 1 aliphatic rings. The van der Waals surface area contributed by atoms with Crippen LogP contribution in [-0.4, -0.2) is 41.1 Å². The third kappa shape index (κ3) is 4.99. The molecule has 0 saturated carbocycles. The normalized spacial score (nSPS) is 13.9. The molecule has 3 aromatic rings. The van der Waals surface area contributed by atoms with E-state index in [-0.39, 0.29) is 10.6 Å². The number of aryl methyl sites for hydroxylation is 2. The molecule has 0 atom stereocenters. The highest BCUT2D eigenvalue weighted by molar-refractivity contribution is 5.62. The number of nitro benzene ring substituents is 1. The lowest BCUT2D eigenvalue weighted by Crippen LogP contribution is -2.44. The number of nitrogens with zero attached hydrogens (tertiary/aromatic N) is 4. The molecular weight excluding hydrogens is 378 g/mol. The van der Waals surface area contributed by atoms with Crippen LogP contribution in [-0.2, 0) is 12.8 Å². The summed E-state index contributed by atoms with van der Waals surface area (Å²) in [4.78, 5) is 22.4. The number of hydrogen-bond acceptors (Lipinski definition) is 6. The van der Waals surface area contributed by atoms with Crippen molar-refractivity contribution in [3.8, 4) is 11.3 Å². The van der Waals surface area contributed by atoms with E-state index in [0.717, 1.165) is 68.3 Å². The van der Waals surface area contributed by atoms with Crippen LogP contribution >= 0.6 is 0 Å². The van der Waals surface area contributed by atoms with Gasteiger partial charge >= 0.3 is 0 Å². The van der Waals surface area contributed by atoms with Crippen LogP contribution in [0.2, 0.25) is 0 Å². The number of hydrogen-bond donors (Lipinski definition) is 1. The molecule has 1 N–H and O–H groups in total.